The molecule has 1 atom stereocenters. The van der Waals surface area contributed by atoms with Gasteiger partial charge in [0.15, 0.2) is 0 Å². The maximum absolute atomic E-state index is 12.7. The summed E-state index contributed by atoms with van der Waals surface area (Å²) in [6.45, 7) is 17.3. The first-order valence-corrected chi connectivity index (χ1v) is 9.31. The number of carbonyl (C=O) groups excluding carboxylic acids is 1. The summed E-state index contributed by atoms with van der Waals surface area (Å²) in [7, 11) is 0. The number of aromatic nitrogens is 1. The SMILES string of the molecule is Cc1nc(N)ccc1CN1CCN(C(=O)OC(C)(C)C)C(C(C)(C)C)C1. The van der Waals surface area contributed by atoms with Gasteiger partial charge in [0.2, 0.25) is 0 Å². The van der Waals surface area contributed by atoms with Crippen molar-refractivity contribution in [2.24, 2.45) is 5.41 Å². The second-order valence-electron chi connectivity index (χ2n) is 9.27. The average Bonchev–Trinajstić information content (AvgIpc) is 2.47. The summed E-state index contributed by atoms with van der Waals surface area (Å²) in [4.78, 5) is 21.3. The van der Waals surface area contributed by atoms with Gasteiger partial charge in [0.05, 0.1) is 6.04 Å². The van der Waals surface area contributed by atoms with Crippen molar-refractivity contribution in [3.63, 3.8) is 0 Å². The van der Waals surface area contributed by atoms with Crippen LogP contribution in [0, 0.1) is 12.3 Å². The van der Waals surface area contributed by atoms with E-state index in [4.69, 9.17) is 10.5 Å². The number of nitrogens with zero attached hydrogens (tertiary/aromatic N) is 3. The summed E-state index contributed by atoms with van der Waals surface area (Å²) in [5.41, 5.74) is 7.38. The summed E-state index contributed by atoms with van der Waals surface area (Å²) in [5.74, 6) is 0.550. The molecule has 6 heteroatoms. The molecule has 1 aromatic rings. The van der Waals surface area contributed by atoms with Gasteiger partial charge in [0.25, 0.3) is 0 Å². The minimum Gasteiger partial charge on any atom is -0.444 e. The van der Waals surface area contributed by atoms with Gasteiger partial charge in [-0.25, -0.2) is 9.78 Å². The van der Waals surface area contributed by atoms with E-state index in [1.807, 2.05) is 44.7 Å². The number of carbonyl (C=O) groups is 1. The maximum Gasteiger partial charge on any atom is 0.410 e. The molecule has 0 radical (unpaired) electrons. The van der Waals surface area contributed by atoms with Gasteiger partial charge in [-0.15, -0.1) is 0 Å². The molecule has 0 aromatic carbocycles. The molecule has 1 aliphatic heterocycles. The topological polar surface area (TPSA) is 71.7 Å². The Kier molecular flexibility index (Phi) is 5.85. The van der Waals surface area contributed by atoms with Crippen LogP contribution in [0.5, 0.6) is 0 Å². The molecule has 0 spiro atoms. The molecule has 0 bridgehead atoms. The molecule has 1 unspecified atom stereocenters. The van der Waals surface area contributed by atoms with E-state index < -0.39 is 5.60 Å². The van der Waals surface area contributed by atoms with Gasteiger partial charge in [0.1, 0.15) is 11.4 Å². The number of nitrogen functional groups attached to an aromatic ring is 1. The minimum atomic E-state index is -0.483. The number of hydrogen-bond acceptors (Lipinski definition) is 5. The van der Waals surface area contributed by atoms with Gasteiger partial charge in [0, 0.05) is 31.9 Å². The number of rotatable bonds is 2. The summed E-state index contributed by atoms with van der Waals surface area (Å²) in [6.07, 6.45) is -0.220. The van der Waals surface area contributed by atoms with Crippen LogP contribution in [0.2, 0.25) is 0 Å². The molecule has 1 aliphatic rings. The molecule has 2 heterocycles. The van der Waals surface area contributed by atoms with Crippen molar-refractivity contribution in [2.75, 3.05) is 25.4 Å². The summed E-state index contributed by atoms with van der Waals surface area (Å²) >= 11 is 0. The van der Waals surface area contributed by atoms with E-state index in [9.17, 15) is 4.79 Å². The van der Waals surface area contributed by atoms with Crippen LogP contribution in [0.1, 0.15) is 52.8 Å². The quantitative estimate of drug-likeness (QED) is 0.872. The fourth-order valence-corrected chi connectivity index (χ4v) is 3.28. The Morgan fingerprint density at radius 2 is 1.88 bits per heavy atom. The Morgan fingerprint density at radius 3 is 2.42 bits per heavy atom. The summed E-state index contributed by atoms with van der Waals surface area (Å²) in [6, 6.07) is 3.98. The van der Waals surface area contributed by atoms with Crippen LogP contribution in [0.4, 0.5) is 10.6 Å². The van der Waals surface area contributed by atoms with E-state index in [2.05, 4.69) is 30.7 Å². The normalized spacial score (nSPS) is 19.5. The third-order valence-electron chi connectivity index (χ3n) is 4.70. The largest absolute Gasteiger partial charge is 0.444 e. The van der Waals surface area contributed by atoms with Crippen LogP contribution in [0.3, 0.4) is 0 Å². The average molecular weight is 363 g/mol. The number of nitrogens with two attached hydrogens (primary N) is 1. The lowest BCUT2D eigenvalue weighted by Gasteiger charge is -2.47. The van der Waals surface area contributed by atoms with E-state index in [0.29, 0.717) is 12.4 Å². The molecule has 1 saturated heterocycles. The molecule has 1 fully saturated rings. The molecule has 26 heavy (non-hydrogen) atoms. The molecular weight excluding hydrogens is 328 g/mol. The first-order valence-electron chi connectivity index (χ1n) is 9.31. The third-order valence-corrected chi connectivity index (χ3v) is 4.70. The lowest BCUT2D eigenvalue weighted by molar-refractivity contribution is -0.0244. The molecule has 2 N–H and O–H groups in total. The standard InChI is InChI=1S/C20H34N4O2/c1-14-15(8-9-17(21)22-14)12-23-10-11-24(16(13-23)19(2,3)4)18(25)26-20(5,6)7/h8-9,16H,10-13H2,1-7H3,(H2,21,22). The van der Waals surface area contributed by atoms with Crippen LogP contribution in [-0.2, 0) is 11.3 Å². The van der Waals surface area contributed by atoms with Crippen LogP contribution in [0.15, 0.2) is 12.1 Å². The molecule has 0 saturated carbocycles. The Morgan fingerprint density at radius 1 is 1.23 bits per heavy atom. The van der Waals surface area contributed by atoms with Crippen molar-refractivity contribution in [1.82, 2.24) is 14.8 Å². The molecule has 0 aliphatic carbocycles. The van der Waals surface area contributed by atoms with Crippen molar-refractivity contribution in [1.29, 1.82) is 0 Å². The smallest absolute Gasteiger partial charge is 0.410 e. The van der Waals surface area contributed by atoms with Gasteiger partial charge in [-0.1, -0.05) is 26.8 Å². The predicted molar refractivity (Wildman–Crippen MR) is 105 cm³/mol. The van der Waals surface area contributed by atoms with Gasteiger partial charge < -0.3 is 15.4 Å². The number of anilines is 1. The highest BCUT2D eigenvalue weighted by atomic mass is 16.6. The first-order chi connectivity index (χ1) is 11.9. The highest BCUT2D eigenvalue weighted by molar-refractivity contribution is 5.69. The number of hydrogen-bond donors (Lipinski definition) is 1. The number of pyridine rings is 1. The van der Waals surface area contributed by atoms with Crippen LogP contribution in [0.25, 0.3) is 0 Å². The zero-order chi connectivity index (χ0) is 19.7. The van der Waals surface area contributed by atoms with E-state index in [1.54, 1.807) is 0 Å². The molecule has 1 amide bonds. The first kappa shape index (κ1) is 20.5. The number of piperazine rings is 1. The van der Waals surface area contributed by atoms with E-state index in [1.165, 1.54) is 5.56 Å². The van der Waals surface area contributed by atoms with Crippen LogP contribution in [-0.4, -0.2) is 52.2 Å². The molecule has 1 aromatic heterocycles. The number of aryl methyl sites for hydroxylation is 1. The molecule has 6 nitrogen and oxygen atoms in total. The Labute approximate surface area is 157 Å². The number of ether oxygens (including phenoxy) is 1. The lowest BCUT2D eigenvalue weighted by Crippen LogP contribution is -2.60. The maximum atomic E-state index is 12.7. The second-order valence-corrected chi connectivity index (χ2v) is 9.27. The third kappa shape index (κ3) is 5.34. The summed E-state index contributed by atoms with van der Waals surface area (Å²) < 4.78 is 5.63. The van der Waals surface area contributed by atoms with Crippen molar-refractivity contribution in [3.8, 4) is 0 Å². The van der Waals surface area contributed by atoms with E-state index >= 15 is 0 Å². The van der Waals surface area contributed by atoms with Gasteiger partial charge in [-0.2, -0.15) is 0 Å². The van der Waals surface area contributed by atoms with Crippen LogP contribution < -0.4 is 5.73 Å². The minimum absolute atomic E-state index is 0.0377. The fourth-order valence-electron chi connectivity index (χ4n) is 3.28. The fraction of sp³-hybridized carbons (Fsp3) is 0.700. The zero-order valence-electron chi connectivity index (χ0n) is 17.3. The van der Waals surface area contributed by atoms with Crippen molar-refractivity contribution in [2.45, 2.75) is 66.7 Å². The van der Waals surface area contributed by atoms with Crippen molar-refractivity contribution >= 4 is 11.9 Å². The van der Waals surface area contributed by atoms with Gasteiger partial charge in [-0.05, 0) is 44.7 Å². The number of amides is 1. The predicted octanol–water partition coefficient (Wildman–Crippen LogP) is 3.44. The van der Waals surface area contributed by atoms with Crippen LogP contribution >= 0.6 is 0 Å². The van der Waals surface area contributed by atoms with Gasteiger partial charge >= 0.3 is 6.09 Å². The molecular formula is C20H34N4O2. The Hall–Kier alpha value is -1.82. The molecule has 2 rings (SSSR count). The van der Waals surface area contributed by atoms with E-state index in [-0.39, 0.29) is 17.6 Å². The second kappa shape index (κ2) is 7.43. The Balaban J connectivity index is 2.13. The highest BCUT2D eigenvalue weighted by Crippen LogP contribution is 2.30. The Bertz CT molecular complexity index is 646. The molecule has 146 valence electrons. The monoisotopic (exact) mass is 362 g/mol. The summed E-state index contributed by atoms with van der Waals surface area (Å²) in [5, 5.41) is 0. The highest BCUT2D eigenvalue weighted by Gasteiger charge is 2.39. The zero-order valence-corrected chi connectivity index (χ0v) is 17.3. The van der Waals surface area contributed by atoms with Crippen molar-refractivity contribution in [3.05, 3.63) is 23.4 Å². The van der Waals surface area contributed by atoms with E-state index in [0.717, 1.165) is 25.3 Å². The van der Waals surface area contributed by atoms with Gasteiger partial charge in [-0.3, -0.25) is 4.90 Å². The lowest BCUT2D eigenvalue weighted by atomic mass is 9.84. The van der Waals surface area contributed by atoms with Crippen molar-refractivity contribution < 1.29 is 9.53 Å².